The van der Waals surface area contributed by atoms with Crippen LogP contribution >= 0.6 is 0 Å². The van der Waals surface area contributed by atoms with Crippen molar-refractivity contribution in [2.45, 2.75) is 19.5 Å². The zero-order valence-electron chi connectivity index (χ0n) is 10.4. The van der Waals surface area contributed by atoms with Crippen LogP contribution in [-0.2, 0) is 0 Å². The van der Waals surface area contributed by atoms with Gasteiger partial charge in [0.05, 0.1) is 11.3 Å². The zero-order valence-corrected chi connectivity index (χ0v) is 10.4. The quantitative estimate of drug-likeness (QED) is 0.494. The largest absolute Gasteiger partial charge is 0.405 e. The van der Waals surface area contributed by atoms with Gasteiger partial charge in [-0.2, -0.15) is 13.2 Å². The number of alkyl halides is 3. The van der Waals surface area contributed by atoms with Crippen LogP contribution in [0.15, 0.2) is 18.2 Å². The molecule has 0 atom stereocenters. The number of halogens is 4. The van der Waals surface area contributed by atoms with Crippen LogP contribution in [0.25, 0.3) is 0 Å². The Balaban J connectivity index is 3.22. The summed E-state index contributed by atoms with van der Waals surface area (Å²) in [5.41, 5.74) is 4.95. The van der Waals surface area contributed by atoms with Crippen molar-refractivity contribution in [2.24, 2.45) is 5.73 Å². The van der Waals surface area contributed by atoms with E-state index in [0.717, 1.165) is 11.0 Å². The number of hydrogen-bond acceptors (Lipinski definition) is 2. The summed E-state index contributed by atoms with van der Waals surface area (Å²) < 4.78 is 51.2. The van der Waals surface area contributed by atoms with Gasteiger partial charge in [-0.3, -0.25) is 5.41 Å². The highest BCUT2D eigenvalue weighted by molar-refractivity contribution is 6.00. The third-order valence-corrected chi connectivity index (χ3v) is 2.47. The molecular weight excluding hydrogens is 262 g/mol. The molecule has 0 aliphatic heterocycles. The van der Waals surface area contributed by atoms with E-state index in [0.29, 0.717) is 6.42 Å². The van der Waals surface area contributed by atoms with E-state index in [-0.39, 0.29) is 17.8 Å². The van der Waals surface area contributed by atoms with Crippen molar-refractivity contribution in [3.63, 3.8) is 0 Å². The lowest BCUT2D eigenvalue weighted by molar-refractivity contribution is -0.119. The molecule has 0 amide bonds. The van der Waals surface area contributed by atoms with Crippen LogP contribution in [0.5, 0.6) is 0 Å². The Bertz CT molecular complexity index is 457. The number of nitrogens with zero attached hydrogens (tertiary/aromatic N) is 1. The molecule has 19 heavy (non-hydrogen) atoms. The third-order valence-electron chi connectivity index (χ3n) is 2.47. The average molecular weight is 277 g/mol. The molecule has 0 aliphatic carbocycles. The number of benzene rings is 1. The smallest absolute Gasteiger partial charge is 0.384 e. The molecule has 0 spiro atoms. The molecule has 1 rings (SSSR count). The summed E-state index contributed by atoms with van der Waals surface area (Å²) in [4.78, 5) is 0.986. The van der Waals surface area contributed by atoms with Gasteiger partial charge in [-0.15, -0.1) is 0 Å². The summed E-state index contributed by atoms with van der Waals surface area (Å²) in [6, 6.07) is 3.70. The van der Waals surface area contributed by atoms with Gasteiger partial charge in [0.15, 0.2) is 0 Å². The molecule has 0 heterocycles. The number of rotatable bonds is 5. The molecule has 1 aromatic carbocycles. The summed E-state index contributed by atoms with van der Waals surface area (Å²) in [6.07, 6.45) is -3.94. The molecule has 0 unspecified atom stereocenters. The molecule has 3 nitrogen and oxygen atoms in total. The maximum absolute atomic E-state index is 13.6. The molecule has 0 aromatic heterocycles. The fraction of sp³-hybridized carbons (Fsp3) is 0.417. The summed E-state index contributed by atoms with van der Waals surface area (Å²) in [6.45, 7) is 0.615. The van der Waals surface area contributed by atoms with Gasteiger partial charge in [0.1, 0.15) is 18.2 Å². The minimum absolute atomic E-state index is 0.00771. The van der Waals surface area contributed by atoms with Gasteiger partial charge in [0, 0.05) is 6.54 Å². The normalized spacial score (nSPS) is 11.4. The first-order valence-corrected chi connectivity index (χ1v) is 5.71. The second kappa shape index (κ2) is 5.90. The molecular formula is C12H15F4N3. The van der Waals surface area contributed by atoms with Gasteiger partial charge in [0.2, 0.25) is 0 Å². The van der Waals surface area contributed by atoms with Crippen molar-refractivity contribution in [3.05, 3.63) is 29.6 Å². The Labute approximate surface area is 108 Å². The van der Waals surface area contributed by atoms with Gasteiger partial charge in [-0.05, 0) is 18.6 Å². The molecule has 3 N–H and O–H groups in total. The van der Waals surface area contributed by atoms with Crippen molar-refractivity contribution in [3.8, 4) is 0 Å². The lowest BCUT2D eigenvalue weighted by atomic mass is 10.1. The Morgan fingerprint density at radius 2 is 2.00 bits per heavy atom. The first-order chi connectivity index (χ1) is 8.76. The summed E-state index contributed by atoms with van der Waals surface area (Å²) in [5, 5.41) is 7.30. The van der Waals surface area contributed by atoms with Crippen molar-refractivity contribution in [1.29, 1.82) is 5.41 Å². The number of hydrogen-bond donors (Lipinski definition) is 2. The molecule has 1 aromatic rings. The predicted octanol–water partition coefficient (Wildman–Crippen LogP) is 2.89. The topological polar surface area (TPSA) is 53.1 Å². The maximum Gasteiger partial charge on any atom is 0.405 e. The Morgan fingerprint density at radius 3 is 2.47 bits per heavy atom. The van der Waals surface area contributed by atoms with Gasteiger partial charge < -0.3 is 10.6 Å². The van der Waals surface area contributed by atoms with Crippen LogP contribution in [0, 0.1) is 11.2 Å². The van der Waals surface area contributed by atoms with Crippen molar-refractivity contribution < 1.29 is 17.6 Å². The van der Waals surface area contributed by atoms with Gasteiger partial charge in [-0.25, -0.2) is 4.39 Å². The summed E-state index contributed by atoms with van der Waals surface area (Å²) in [7, 11) is 0. The molecule has 0 aliphatic rings. The molecule has 106 valence electrons. The van der Waals surface area contributed by atoms with E-state index in [1.54, 1.807) is 6.92 Å². The van der Waals surface area contributed by atoms with E-state index in [4.69, 9.17) is 11.1 Å². The molecule has 0 fully saturated rings. The van der Waals surface area contributed by atoms with E-state index >= 15 is 0 Å². The van der Waals surface area contributed by atoms with Crippen molar-refractivity contribution in [2.75, 3.05) is 18.0 Å². The Morgan fingerprint density at radius 1 is 1.37 bits per heavy atom. The first-order valence-electron chi connectivity index (χ1n) is 5.71. The second-order valence-electron chi connectivity index (χ2n) is 4.08. The molecule has 0 saturated heterocycles. The summed E-state index contributed by atoms with van der Waals surface area (Å²) in [5.74, 6) is -1.38. The predicted molar refractivity (Wildman–Crippen MR) is 66.0 cm³/mol. The van der Waals surface area contributed by atoms with Gasteiger partial charge in [0.25, 0.3) is 0 Å². The van der Waals surface area contributed by atoms with E-state index in [1.807, 2.05) is 0 Å². The van der Waals surface area contributed by atoms with Crippen LogP contribution in [0.3, 0.4) is 0 Å². The molecule has 0 saturated carbocycles. The molecule has 7 heteroatoms. The number of anilines is 1. The molecule has 0 bridgehead atoms. The number of nitrogen functional groups attached to an aromatic ring is 1. The number of nitrogens with two attached hydrogens (primary N) is 1. The van der Waals surface area contributed by atoms with Gasteiger partial charge in [-0.1, -0.05) is 13.0 Å². The van der Waals surface area contributed by atoms with Crippen LogP contribution < -0.4 is 10.6 Å². The maximum atomic E-state index is 13.6. The van der Waals surface area contributed by atoms with Crippen LogP contribution in [0.2, 0.25) is 0 Å². The van der Waals surface area contributed by atoms with E-state index in [9.17, 15) is 17.6 Å². The Hall–Kier alpha value is -1.79. The highest BCUT2D eigenvalue weighted by Crippen LogP contribution is 2.27. The highest BCUT2D eigenvalue weighted by atomic mass is 19.4. The minimum atomic E-state index is -4.41. The monoisotopic (exact) mass is 277 g/mol. The number of nitrogens with one attached hydrogen (secondary N) is 1. The minimum Gasteiger partial charge on any atom is -0.384 e. The lowest BCUT2D eigenvalue weighted by Gasteiger charge is -2.27. The van der Waals surface area contributed by atoms with E-state index in [1.165, 1.54) is 12.1 Å². The third kappa shape index (κ3) is 4.11. The Kier molecular flexibility index (Phi) is 4.74. The van der Waals surface area contributed by atoms with Crippen molar-refractivity contribution >= 4 is 11.5 Å². The van der Waals surface area contributed by atoms with E-state index < -0.39 is 24.4 Å². The highest BCUT2D eigenvalue weighted by Gasteiger charge is 2.32. The second-order valence-corrected chi connectivity index (χ2v) is 4.08. The average Bonchev–Trinajstić information content (AvgIpc) is 2.25. The van der Waals surface area contributed by atoms with Crippen LogP contribution in [0.1, 0.15) is 18.9 Å². The van der Waals surface area contributed by atoms with Crippen molar-refractivity contribution in [1.82, 2.24) is 0 Å². The van der Waals surface area contributed by atoms with Crippen LogP contribution in [-0.4, -0.2) is 25.1 Å². The van der Waals surface area contributed by atoms with Crippen LogP contribution in [0.4, 0.5) is 23.2 Å². The number of amidine groups is 1. The first kappa shape index (κ1) is 15.3. The SMILES string of the molecule is CCCN(CC(F)(F)F)c1cccc(F)c1C(=N)N. The zero-order chi connectivity index (χ0) is 14.6. The summed E-state index contributed by atoms with van der Waals surface area (Å²) >= 11 is 0. The molecule has 0 radical (unpaired) electrons. The van der Waals surface area contributed by atoms with E-state index in [2.05, 4.69) is 0 Å². The lowest BCUT2D eigenvalue weighted by Crippen LogP contribution is -2.36. The fourth-order valence-electron chi connectivity index (χ4n) is 1.81. The fourth-order valence-corrected chi connectivity index (χ4v) is 1.81. The standard InChI is InChI=1S/C12H15F4N3/c1-2-6-19(7-12(14,15)16)9-5-3-4-8(13)10(9)11(17)18/h3-5H,2,6-7H2,1H3,(H3,17,18). The van der Waals surface area contributed by atoms with Gasteiger partial charge >= 0.3 is 6.18 Å².